The van der Waals surface area contributed by atoms with E-state index in [2.05, 4.69) is 39.9 Å². The first-order valence-corrected chi connectivity index (χ1v) is 6.73. The Bertz CT molecular complexity index is 370. The molecule has 0 saturated carbocycles. The molecule has 88 valence electrons. The van der Waals surface area contributed by atoms with Gasteiger partial charge in [0, 0.05) is 11.0 Å². The largest absolute Gasteiger partial charge is 0.398 e. The Morgan fingerprint density at radius 2 is 1.94 bits per heavy atom. The summed E-state index contributed by atoms with van der Waals surface area (Å²) in [6.45, 7) is 5.53. The second-order valence-electron chi connectivity index (χ2n) is 4.66. The fraction of sp³-hybridized carbons (Fsp3) is 0.538. The lowest BCUT2D eigenvalue weighted by atomic mass is 10.1. The third-order valence-electron chi connectivity index (χ3n) is 3.20. The molecule has 0 bridgehead atoms. The van der Waals surface area contributed by atoms with Crippen molar-refractivity contribution in [2.75, 3.05) is 18.8 Å². The van der Waals surface area contributed by atoms with Crippen molar-refractivity contribution in [1.82, 2.24) is 4.90 Å². The first-order chi connectivity index (χ1) is 7.66. The van der Waals surface area contributed by atoms with Gasteiger partial charge >= 0.3 is 0 Å². The Morgan fingerprint density at radius 1 is 1.25 bits per heavy atom. The maximum Gasteiger partial charge on any atom is 0.0504 e. The minimum atomic E-state index is 0.899. The topological polar surface area (TPSA) is 29.3 Å². The number of likely N-dealkylation sites (tertiary alicyclic amines) is 1. The second kappa shape index (κ2) is 5.19. The summed E-state index contributed by atoms with van der Waals surface area (Å²) in [5, 5.41) is 0. The average molecular weight is 283 g/mol. The highest BCUT2D eigenvalue weighted by Crippen LogP contribution is 2.27. The molecule has 2 nitrogen and oxygen atoms in total. The Kier molecular flexibility index (Phi) is 3.87. The van der Waals surface area contributed by atoms with Crippen molar-refractivity contribution in [3.8, 4) is 0 Å². The molecule has 0 amide bonds. The lowest BCUT2D eigenvalue weighted by molar-refractivity contribution is 0.221. The van der Waals surface area contributed by atoms with E-state index in [0.717, 1.165) is 16.7 Å². The highest BCUT2D eigenvalue weighted by atomic mass is 79.9. The van der Waals surface area contributed by atoms with Crippen LogP contribution in [0.25, 0.3) is 0 Å². The number of piperidine rings is 1. The third-order valence-corrected chi connectivity index (χ3v) is 3.86. The van der Waals surface area contributed by atoms with Gasteiger partial charge in [0.05, 0.1) is 5.69 Å². The normalized spacial score (nSPS) is 17.6. The van der Waals surface area contributed by atoms with Crippen LogP contribution < -0.4 is 5.73 Å². The van der Waals surface area contributed by atoms with Crippen LogP contribution in [-0.4, -0.2) is 18.0 Å². The summed E-state index contributed by atoms with van der Waals surface area (Å²) in [5.74, 6) is 0. The van der Waals surface area contributed by atoms with Crippen molar-refractivity contribution in [2.45, 2.75) is 32.7 Å². The maximum atomic E-state index is 6.10. The van der Waals surface area contributed by atoms with Crippen LogP contribution in [0.3, 0.4) is 0 Å². The third kappa shape index (κ3) is 2.77. The Labute approximate surface area is 106 Å². The lowest BCUT2D eigenvalue weighted by Crippen LogP contribution is -2.29. The first-order valence-electron chi connectivity index (χ1n) is 5.93. The number of anilines is 1. The Morgan fingerprint density at radius 3 is 2.62 bits per heavy atom. The van der Waals surface area contributed by atoms with Crippen LogP contribution >= 0.6 is 15.9 Å². The van der Waals surface area contributed by atoms with Crippen molar-refractivity contribution >= 4 is 21.6 Å². The molecule has 0 radical (unpaired) electrons. The summed E-state index contributed by atoms with van der Waals surface area (Å²) in [5.41, 5.74) is 9.52. The van der Waals surface area contributed by atoms with E-state index in [-0.39, 0.29) is 0 Å². The minimum absolute atomic E-state index is 0.899. The number of nitrogen functional groups attached to an aromatic ring is 1. The SMILES string of the molecule is Cc1cc(Br)c(N)c(CN2CCCCC2)c1. The zero-order valence-electron chi connectivity index (χ0n) is 9.80. The number of aryl methyl sites for hydroxylation is 1. The van der Waals surface area contributed by atoms with E-state index in [0.29, 0.717) is 0 Å². The molecule has 0 unspecified atom stereocenters. The molecular weight excluding hydrogens is 264 g/mol. The van der Waals surface area contributed by atoms with E-state index in [1.54, 1.807) is 0 Å². The highest BCUT2D eigenvalue weighted by Gasteiger charge is 2.13. The van der Waals surface area contributed by atoms with Crippen LogP contribution in [0.2, 0.25) is 0 Å². The summed E-state index contributed by atoms with van der Waals surface area (Å²) < 4.78 is 1.03. The van der Waals surface area contributed by atoms with Crippen LogP contribution in [0.15, 0.2) is 16.6 Å². The van der Waals surface area contributed by atoms with Crippen LogP contribution in [-0.2, 0) is 6.54 Å². The van der Waals surface area contributed by atoms with Gasteiger partial charge in [-0.15, -0.1) is 0 Å². The van der Waals surface area contributed by atoms with E-state index >= 15 is 0 Å². The molecule has 1 aliphatic rings. The molecule has 1 heterocycles. The van der Waals surface area contributed by atoms with Gasteiger partial charge in [0.2, 0.25) is 0 Å². The average Bonchev–Trinajstić information content (AvgIpc) is 2.27. The van der Waals surface area contributed by atoms with E-state index < -0.39 is 0 Å². The maximum absolute atomic E-state index is 6.10. The molecule has 0 aromatic heterocycles. The smallest absolute Gasteiger partial charge is 0.0504 e. The standard InChI is InChI=1S/C13H19BrN2/c1-10-7-11(13(15)12(14)8-10)9-16-5-3-2-4-6-16/h7-8H,2-6,9,15H2,1H3. The Balaban J connectivity index is 2.13. The molecule has 1 fully saturated rings. The number of hydrogen-bond acceptors (Lipinski definition) is 2. The van der Waals surface area contributed by atoms with E-state index in [4.69, 9.17) is 5.73 Å². The summed E-state index contributed by atoms with van der Waals surface area (Å²) in [6, 6.07) is 4.28. The summed E-state index contributed by atoms with van der Waals surface area (Å²) in [6.07, 6.45) is 4.03. The van der Waals surface area contributed by atoms with Gasteiger partial charge in [0.25, 0.3) is 0 Å². The number of hydrogen-bond donors (Lipinski definition) is 1. The molecule has 1 aromatic carbocycles. The highest BCUT2D eigenvalue weighted by molar-refractivity contribution is 9.10. The van der Waals surface area contributed by atoms with Gasteiger partial charge < -0.3 is 5.73 Å². The molecular formula is C13H19BrN2. The van der Waals surface area contributed by atoms with E-state index in [9.17, 15) is 0 Å². The predicted molar refractivity (Wildman–Crippen MR) is 72.4 cm³/mol. The van der Waals surface area contributed by atoms with Crippen LogP contribution in [0.1, 0.15) is 30.4 Å². The molecule has 16 heavy (non-hydrogen) atoms. The molecule has 0 aliphatic carbocycles. The predicted octanol–water partition coefficient (Wildman–Crippen LogP) is 3.33. The van der Waals surface area contributed by atoms with Gasteiger partial charge in [-0.2, -0.15) is 0 Å². The fourth-order valence-corrected chi connectivity index (χ4v) is 2.93. The van der Waals surface area contributed by atoms with E-state index in [1.807, 2.05) is 0 Å². The second-order valence-corrected chi connectivity index (χ2v) is 5.51. The summed E-state index contributed by atoms with van der Waals surface area (Å²) in [4.78, 5) is 2.50. The van der Waals surface area contributed by atoms with Crippen molar-refractivity contribution in [2.24, 2.45) is 0 Å². The zero-order valence-corrected chi connectivity index (χ0v) is 11.4. The zero-order chi connectivity index (χ0) is 11.5. The number of nitrogens with zero attached hydrogens (tertiary/aromatic N) is 1. The first kappa shape index (κ1) is 11.9. The number of halogens is 1. The van der Waals surface area contributed by atoms with Crippen molar-refractivity contribution in [3.63, 3.8) is 0 Å². The van der Waals surface area contributed by atoms with Gasteiger partial charge in [-0.3, -0.25) is 4.90 Å². The molecule has 1 aliphatic heterocycles. The minimum Gasteiger partial charge on any atom is -0.398 e. The molecule has 2 N–H and O–H groups in total. The number of nitrogens with two attached hydrogens (primary N) is 1. The fourth-order valence-electron chi connectivity index (χ4n) is 2.31. The van der Waals surface area contributed by atoms with Crippen LogP contribution in [0, 0.1) is 6.92 Å². The molecule has 0 spiro atoms. The van der Waals surface area contributed by atoms with Gasteiger partial charge in [-0.25, -0.2) is 0 Å². The van der Waals surface area contributed by atoms with Gasteiger partial charge in [0.15, 0.2) is 0 Å². The van der Waals surface area contributed by atoms with Crippen molar-refractivity contribution in [3.05, 3.63) is 27.7 Å². The molecule has 0 atom stereocenters. The van der Waals surface area contributed by atoms with Gasteiger partial charge in [0.1, 0.15) is 0 Å². The Hall–Kier alpha value is -0.540. The molecule has 3 heteroatoms. The number of rotatable bonds is 2. The monoisotopic (exact) mass is 282 g/mol. The molecule has 1 saturated heterocycles. The van der Waals surface area contributed by atoms with Crippen molar-refractivity contribution in [1.29, 1.82) is 0 Å². The summed E-state index contributed by atoms with van der Waals surface area (Å²) in [7, 11) is 0. The summed E-state index contributed by atoms with van der Waals surface area (Å²) >= 11 is 3.52. The molecule has 2 rings (SSSR count). The van der Waals surface area contributed by atoms with Gasteiger partial charge in [-0.1, -0.05) is 12.5 Å². The number of benzene rings is 1. The van der Waals surface area contributed by atoms with Crippen LogP contribution in [0.4, 0.5) is 5.69 Å². The van der Waals surface area contributed by atoms with E-state index in [1.165, 1.54) is 43.5 Å². The molecule has 1 aromatic rings. The van der Waals surface area contributed by atoms with Crippen LogP contribution in [0.5, 0.6) is 0 Å². The quantitative estimate of drug-likeness (QED) is 0.844. The van der Waals surface area contributed by atoms with Crippen molar-refractivity contribution < 1.29 is 0 Å². The lowest BCUT2D eigenvalue weighted by Gasteiger charge is -2.27. The van der Waals surface area contributed by atoms with Gasteiger partial charge in [-0.05, 0) is 66.0 Å².